The number of carbonyl (C=O) groups excluding carboxylic acids is 2. The molecule has 1 atom stereocenters. The van der Waals surface area contributed by atoms with E-state index >= 15 is 0 Å². The molecular formula is C26H36FN3O4S. The number of benzene rings is 2. The lowest BCUT2D eigenvalue weighted by Gasteiger charge is -2.32. The van der Waals surface area contributed by atoms with Crippen LogP contribution in [0.4, 0.5) is 10.1 Å². The van der Waals surface area contributed by atoms with E-state index < -0.39 is 27.4 Å². The Kier molecular flexibility index (Phi) is 9.43. The lowest BCUT2D eigenvalue weighted by atomic mass is 10.1. The zero-order valence-corrected chi connectivity index (χ0v) is 22.2. The molecule has 0 saturated heterocycles. The van der Waals surface area contributed by atoms with Crippen LogP contribution in [0, 0.1) is 12.7 Å². The molecular weight excluding hydrogens is 469 g/mol. The quantitative estimate of drug-likeness (QED) is 0.529. The summed E-state index contributed by atoms with van der Waals surface area (Å²) in [6.45, 7) is 9.58. The number of halogens is 1. The van der Waals surface area contributed by atoms with E-state index in [0.717, 1.165) is 21.7 Å². The molecule has 0 aliphatic rings. The predicted molar refractivity (Wildman–Crippen MR) is 137 cm³/mol. The van der Waals surface area contributed by atoms with Gasteiger partial charge in [-0.25, -0.2) is 12.8 Å². The number of rotatable bonds is 10. The second-order valence-electron chi connectivity index (χ2n) is 9.84. The standard InChI is InChI=1S/C26H36FN3O4S/c1-19-9-7-10-21(17-19)18-29(20(2)25(32)28-26(3,4)5)24(31)11-8-16-30(35(6,33)34)23-14-12-22(27)13-15-23/h7,9-10,12-15,17,20H,8,11,16,18H2,1-6H3,(H,28,32)/t20-/m1/s1. The number of aryl methyl sites for hydroxylation is 1. The predicted octanol–water partition coefficient (Wildman–Crippen LogP) is 4.01. The summed E-state index contributed by atoms with van der Waals surface area (Å²) >= 11 is 0. The molecule has 2 rings (SSSR count). The molecule has 0 radical (unpaired) electrons. The van der Waals surface area contributed by atoms with Crippen molar-refractivity contribution in [1.82, 2.24) is 10.2 Å². The van der Waals surface area contributed by atoms with Crippen molar-refractivity contribution in [2.45, 2.75) is 65.6 Å². The van der Waals surface area contributed by atoms with Crippen LogP contribution in [-0.4, -0.2) is 49.5 Å². The van der Waals surface area contributed by atoms with E-state index in [2.05, 4.69) is 5.32 Å². The zero-order chi connectivity index (χ0) is 26.4. The lowest BCUT2D eigenvalue weighted by Crippen LogP contribution is -2.52. The van der Waals surface area contributed by atoms with Gasteiger partial charge < -0.3 is 10.2 Å². The number of hydrogen-bond acceptors (Lipinski definition) is 4. The van der Waals surface area contributed by atoms with Gasteiger partial charge in [-0.2, -0.15) is 0 Å². The molecule has 0 bridgehead atoms. The van der Waals surface area contributed by atoms with Crippen molar-refractivity contribution in [3.05, 3.63) is 65.5 Å². The number of carbonyl (C=O) groups is 2. The highest BCUT2D eigenvalue weighted by Crippen LogP contribution is 2.20. The van der Waals surface area contributed by atoms with Crippen molar-refractivity contribution >= 4 is 27.5 Å². The summed E-state index contributed by atoms with van der Waals surface area (Å²) in [6.07, 6.45) is 1.36. The first-order chi connectivity index (χ1) is 16.2. The van der Waals surface area contributed by atoms with Crippen LogP contribution >= 0.6 is 0 Å². The molecule has 192 valence electrons. The molecule has 0 saturated carbocycles. The molecule has 35 heavy (non-hydrogen) atoms. The van der Waals surface area contributed by atoms with E-state index in [1.165, 1.54) is 29.2 Å². The molecule has 0 aliphatic heterocycles. The van der Waals surface area contributed by atoms with Gasteiger partial charge >= 0.3 is 0 Å². The smallest absolute Gasteiger partial charge is 0.242 e. The Morgan fingerprint density at radius 1 is 1.09 bits per heavy atom. The van der Waals surface area contributed by atoms with Crippen molar-refractivity contribution in [1.29, 1.82) is 0 Å². The maximum Gasteiger partial charge on any atom is 0.242 e. The molecule has 0 aromatic heterocycles. The maximum absolute atomic E-state index is 13.3. The Morgan fingerprint density at radius 2 is 1.71 bits per heavy atom. The van der Waals surface area contributed by atoms with Crippen LogP contribution in [0.1, 0.15) is 51.7 Å². The average Bonchev–Trinajstić information content (AvgIpc) is 2.73. The Hall–Kier alpha value is -2.94. The third-order valence-electron chi connectivity index (χ3n) is 5.37. The van der Waals surface area contributed by atoms with Crippen LogP contribution in [0.15, 0.2) is 48.5 Å². The van der Waals surface area contributed by atoms with E-state index in [-0.39, 0.29) is 37.7 Å². The minimum absolute atomic E-state index is 0.0478. The van der Waals surface area contributed by atoms with Gasteiger partial charge in [0, 0.05) is 25.0 Å². The Labute approximate surface area is 208 Å². The van der Waals surface area contributed by atoms with Gasteiger partial charge in [-0.05, 0) is 70.9 Å². The highest BCUT2D eigenvalue weighted by atomic mass is 32.2. The summed E-state index contributed by atoms with van der Waals surface area (Å²) in [5, 5.41) is 2.92. The van der Waals surface area contributed by atoms with Gasteiger partial charge in [-0.15, -0.1) is 0 Å². The first-order valence-corrected chi connectivity index (χ1v) is 13.4. The SMILES string of the molecule is Cc1cccc(CN(C(=O)CCCN(c2ccc(F)cc2)S(C)(=O)=O)[C@H](C)C(=O)NC(C)(C)C)c1. The first-order valence-electron chi connectivity index (χ1n) is 11.6. The van der Waals surface area contributed by atoms with Gasteiger partial charge in [-0.1, -0.05) is 29.8 Å². The van der Waals surface area contributed by atoms with Gasteiger partial charge in [0.1, 0.15) is 11.9 Å². The zero-order valence-electron chi connectivity index (χ0n) is 21.3. The normalized spacial score (nSPS) is 12.7. The van der Waals surface area contributed by atoms with Gasteiger partial charge in [0.25, 0.3) is 0 Å². The third kappa shape index (κ3) is 8.98. The molecule has 0 heterocycles. The Bertz CT molecular complexity index is 1130. The Balaban J connectivity index is 2.18. The van der Waals surface area contributed by atoms with Gasteiger partial charge in [0.05, 0.1) is 11.9 Å². The highest BCUT2D eigenvalue weighted by molar-refractivity contribution is 7.92. The molecule has 0 unspecified atom stereocenters. The van der Waals surface area contributed by atoms with Crippen molar-refractivity contribution in [2.75, 3.05) is 17.1 Å². The summed E-state index contributed by atoms with van der Waals surface area (Å²) in [7, 11) is -3.63. The van der Waals surface area contributed by atoms with Crippen molar-refractivity contribution < 1.29 is 22.4 Å². The number of nitrogens with one attached hydrogen (secondary N) is 1. The second kappa shape index (κ2) is 11.7. The summed E-state index contributed by atoms with van der Waals surface area (Å²) in [4.78, 5) is 27.7. The maximum atomic E-state index is 13.3. The largest absolute Gasteiger partial charge is 0.350 e. The molecule has 2 aromatic carbocycles. The van der Waals surface area contributed by atoms with E-state index in [1.807, 2.05) is 52.0 Å². The Morgan fingerprint density at radius 3 is 2.26 bits per heavy atom. The second-order valence-corrected chi connectivity index (χ2v) is 11.7. The molecule has 2 aromatic rings. The fraction of sp³-hybridized carbons (Fsp3) is 0.462. The molecule has 0 fully saturated rings. The molecule has 9 heteroatoms. The van der Waals surface area contributed by atoms with Crippen molar-refractivity contribution in [3.63, 3.8) is 0 Å². The summed E-state index contributed by atoms with van der Waals surface area (Å²) < 4.78 is 39.1. The van der Waals surface area contributed by atoms with Crippen LogP contribution in [0.2, 0.25) is 0 Å². The van der Waals surface area contributed by atoms with Crippen LogP contribution in [0.25, 0.3) is 0 Å². The van der Waals surface area contributed by atoms with E-state index in [0.29, 0.717) is 5.69 Å². The van der Waals surface area contributed by atoms with E-state index in [4.69, 9.17) is 0 Å². The monoisotopic (exact) mass is 505 g/mol. The number of anilines is 1. The van der Waals surface area contributed by atoms with E-state index in [9.17, 15) is 22.4 Å². The van der Waals surface area contributed by atoms with Crippen LogP contribution in [0.5, 0.6) is 0 Å². The van der Waals surface area contributed by atoms with Crippen molar-refractivity contribution in [3.8, 4) is 0 Å². The van der Waals surface area contributed by atoms with Gasteiger partial charge in [0.15, 0.2) is 0 Å². The highest BCUT2D eigenvalue weighted by Gasteiger charge is 2.28. The first kappa shape index (κ1) is 28.3. The van der Waals surface area contributed by atoms with Gasteiger partial charge in [0.2, 0.25) is 21.8 Å². The number of hydrogen-bond donors (Lipinski definition) is 1. The summed E-state index contributed by atoms with van der Waals surface area (Å²) in [5.41, 5.74) is 1.83. The number of amides is 2. The molecule has 1 N–H and O–H groups in total. The topological polar surface area (TPSA) is 86.8 Å². The van der Waals surface area contributed by atoms with Crippen molar-refractivity contribution in [2.24, 2.45) is 0 Å². The molecule has 0 aliphatic carbocycles. The van der Waals surface area contributed by atoms with Crippen LogP contribution in [-0.2, 0) is 26.2 Å². The van der Waals surface area contributed by atoms with Crippen LogP contribution < -0.4 is 9.62 Å². The third-order valence-corrected chi connectivity index (χ3v) is 6.56. The number of nitrogens with zero attached hydrogens (tertiary/aromatic N) is 2. The lowest BCUT2D eigenvalue weighted by molar-refractivity contribution is -0.141. The van der Waals surface area contributed by atoms with Crippen LogP contribution in [0.3, 0.4) is 0 Å². The molecule has 7 nitrogen and oxygen atoms in total. The van der Waals surface area contributed by atoms with E-state index in [1.54, 1.807) is 6.92 Å². The molecule has 2 amide bonds. The minimum atomic E-state index is -3.63. The fourth-order valence-corrected chi connectivity index (χ4v) is 4.64. The number of sulfonamides is 1. The summed E-state index contributed by atoms with van der Waals surface area (Å²) in [5.74, 6) is -0.982. The average molecular weight is 506 g/mol. The summed E-state index contributed by atoms with van der Waals surface area (Å²) in [6, 6.07) is 12.2. The fourth-order valence-electron chi connectivity index (χ4n) is 3.68. The molecule has 0 spiro atoms. The van der Waals surface area contributed by atoms with Gasteiger partial charge in [-0.3, -0.25) is 13.9 Å². The minimum Gasteiger partial charge on any atom is -0.350 e.